The molecule has 0 fully saturated rings. The van der Waals surface area contributed by atoms with Crippen LogP contribution in [0.25, 0.3) is 16.0 Å². The molecule has 0 aliphatic rings. The van der Waals surface area contributed by atoms with Crippen molar-refractivity contribution in [2.75, 3.05) is 5.32 Å². The lowest BCUT2D eigenvalue weighted by Gasteiger charge is -2.14. The van der Waals surface area contributed by atoms with Crippen LogP contribution in [0.4, 0.5) is 5.95 Å². The summed E-state index contributed by atoms with van der Waals surface area (Å²) in [4.78, 5) is 16.5. The third-order valence-electron chi connectivity index (χ3n) is 3.16. The minimum atomic E-state index is -0.221. The van der Waals surface area contributed by atoms with Gasteiger partial charge < -0.3 is 10.1 Å². The zero-order valence-corrected chi connectivity index (χ0v) is 12.2. The number of fused-ring (bicyclic) bond motifs is 3. The van der Waals surface area contributed by atoms with Crippen molar-refractivity contribution < 1.29 is 4.79 Å². The fourth-order valence-electron chi connectivity index (χ4n) is 2.31. The first kappa shape index (κ1) is 13.1. The van der Waals surface area contributed by atoms with Crippen molar-refractivity contribution in [3.8, 4) is 0 Å². The molecule has 0 amide bonds. The molecule has 5 nitrogen and oxygen atoms in total. The Morgan fingerprint density at radius 1 is 1.40 bits per heavy atom. The molecular formula is C14H16N4OS. The number of nitrogens with zero attached hydrogens (tertiary/aromatic N) is 3. The Morgan fingerprint density at radius 2 is 2.20 bits per heavy atom. The molecule has 2 aromatic heterocycles. The largest absolute Gasteiger partial charge is 0.345 e. The van der Waals surface area contributed by atoms with Gasteiger partial charge in [0.15, 0.2) is 0 Å². The lowest BCUT2D eigenvalue weighted by atomic mass is 10.1. The number of hydrogen-bond acceptors (Lipinski definition) is 5. The Morgan fingerprint density at radius 3 is 2.95 bits per heavy atom. The molecule has 0 saturated carbocycles. The van der Waals surface area contributed by atoms with E-state index in [0.717, 1.165) is 28.7 Å². The second-order valence-electron chi connectivity index (χ2n) is 5.24. The van der Waals surface area contributed by atoms with Crippen LogP contribution in [0.15, 0.2) is 24.3 Å². The van der Waals surface area contributed by atoms with Crippen LogP contribution in [0.5, 0.6) is 0 Å². The molecule has 2 heterocycles. The first-order valence-corrected chi connectivity index (χ1v) is 7.41. The summed E-state index contributed by atoms with van der Waals surface area (Å²) in [6.07, 6.45) is 1.74. The fraction of sp³-hybridized carbons (Fsp3) is 0.357. The second-order valence-corrected chi connectivity index (χ2v) is 5.97. The SMILES string of the molecule is CC(C)C[C@@H](C=O)Nc1nsc2nc3ccccc3n12. The summed E-state index contributed by atoms with van der Waals surface area (Å²) < 4.78 is 6.34. The van der Waals surface area contributed by atoms with E-state index in [1.807, 2.05) is 28.7 Å². The van der Waals surface area contributed by atoms with Gasteiger partial charge in [0.25, 0.3) is 0 Å². The van der Waals surface area contributed by atoms with Crippen LogP contribution in [-0.4, -0.2) is 26.1 Å². The van der Waals surface area contributed by atoms with Gasteiger partial charge in [-0.3, -0.25) is 4.40 Å². The normalized spacial score (nSPS) is 13.2. The molecule has 1 aromatic carbocycles. The van der Waals surface area contributed by atoms with Crippen LogP contribution in [0, 0.1) is 5.92 Å². The Hall–Kier alpha value is -1.95. The molecule has 104 valence electrons. The van der Waals surface area contributed by atoms with Gasteiger partial charge in [0.2, 0.25) is 10.9 Å². The maximum absolute atomic E-state index is 11.2. The number of para-hydroxylation sites is 2. The number of carbonyl (C=O) groups excluding carboxylic acids is 1. The summed E-state index contributed by atoms with van der Waals surface area (Å²) in [5, 5.41) is 3.22. The van der Waals surface area contributed by atoms with Crippen LogP contribution < -0.4 is 5.32 Å². The topological polar surface area (TPSA) is 59.3 Å². The van der Waals surface area contributed by atoms with Crippen LogP contribution >= 0.6 is 11.5 Å². The number of carbonyl (C=O) groups is 1. The summed E-state index contributed by atoms with van der Waals surface area (Å²) in [6.45, 7) is 4.20. The standard InChI is InChI=1S/C14H16N4OS/c1-9(2)7-10(8-19)15-13-17-20-14-16-11-5-3-4-6-12(11)18(13)14/h3-6,8-10H,7H2,1-2H3,(H,15,17)/t10-/m0/s1. The van der Waals surface area contributed by atoms with Crippen LogP contribution in [0.2, 0.25) is 0 Å². The number of anilines is 1. The van der Waals surface area contributed by atoms with Crippen molar-refractivity contribution in [2.24, 2.45) is 5.92 Å². The molecule has 0 radical (unpaired) electrons. The smallest absolute Gasteiger partial charge is 0.221 e. The molecule has 0 aliphatic heterocycles. The number of aromatic nitrogens is 3. The zero-order chi connectivity index (χ0) is 14.1. The highest BCUT2D eigenvalue weighted by Gasteiger charge is 2.16. The summed E-state index contributed by atoms with van der Waals surface area (Å²) in [5.41, 5.74) is 1.95. The first-order valence-electron chi connectivity index (χ1n) is 6.63. The van der Waals surface area contributed by atoms with Gasteiger partial charge >= 0.3 is 0 Å². The molecule has 0 bridgehead atoms. The number of hydrogen-bond donors (Lipinski definition) is 1. The van der Waals surface area contributed by atoms with Crippen molar-refractivity contribution >= 4 is 39.8 Å². The van der Waals surface area contributed by atoms with E-state index >= 15 is 0 Å². The molecule has 0 unspecified atom stereocenters. The average molecular weight is 288 g/mol. The van der Waals surface area contributed by atoms with Gasteiger partial charge in [-0.2, -0.15) is 4.37 Å². The van der Waals surface area contributed by atoms with Gasteiger partial charge in [0, 0.05) is 11.5 Å². The van der Waals surface area contributed by atoms with Crippen molar-refractivity contribution in [2.45, 2.75) is 26.3 Å². The van der Waals surface area contributed by atoms with Gasteiger partial charge in [-0.15, -0.1) is 0 Å². The molecule has 1 N–H and O–H groups in total. The van der Waals surface area contributed by atoms with E-state index in [1.165, 1.54) is 11.5 Å². The molecule has 20 heavy (non-hydrogen) atoms. The van der Waals surface area contributed by atoms with Gasteiger partial charge in [-0.1, -0.05) is 26.0 Å². The van der Waals surface area contributed by atoms with Gasteiger partial charge in [-0.25, -0.2) is 4.98 Å². The Labute approximate surface area is 120 Å². The minimum absolute atomic E-state index is 0.221. The second kappa shape index (κ2) is 5.20. The lowest BCUT2D eigenvalue weighted by Crippen LogP contribution is -2.24. The van der Waals surface area contributed by atoms with Gasteiger partial charge in [0.1, 0.15) is 6.29 Å². The highest BCUT2D eigenvalue weighted by molar-refractivity contribution is 7.11. The number of nitrogens with one attached hydrogen (secondary N) is 1. The van der Waals surface area contributed by atoms with Crippen molar-refractivity contribution in [1.29, 1.82) is 0 Å². The van der Waals surface area contributed by atoms with Crippen LogP contribution in [-0.2, 0) is 4.79 Å². The minimum Gasteiger partial charge on any atom is -0.345 e. The van der Waals surface area contributed by atoms with E-state index in [4.69, 9.17) is 0 Å². The summed E-state index contributed by atoms with van der Waals surface area (Å²) in [7, 11) is 0. The molecule has 3 rings (SSSR count). The Kier molecular flexibility index (Phi) is 3.40. The molecule has 3 aromatic rings. The molecule has 0 spiro atoms. The van der Waals surface area contributed by atoms with Gasteiger partial charge in [-0.05, 0) is 24.5 Å². The summed E-state index contributed by atoms with van der Waals surface area (Å²) in [6, 6.07) is 7.70. The number of rotatable bonds is 5. The van der Waals surface area contributed by atoms with Gasteiger partial charge in [0.05, 0.1) is 17.1 Å². The van der Waals surface area contributed by atoms with E-state index in [2.05, 4.69) is 28.5 Å². The predicted octanol–water partition coefficient (Wildman–Crippen LogP) is 2.97. The van der Waals surface area contributed by atoms with E-state index in [0.29, 0.717) is 11.9 Å². The molecular weight excluding hydrogens is 272 g/mol. The zero-order valence-electron chi connectivity index (χ0n) is 11.4. The highest BCUT2D eigenvalue weighted by atomic mass is 32.1. The maximum Gasteiger partial charge on any atom is 0.221 e. The summed E-state index contributed by atoms with van der Waals surface area (Å²) in [5.74, 6) is 1.14. The van der Waals surface area contributed by atoms with E-state index < -0.39 is 0 Å². The third kappa shape index (κ3) is 2.27. The van der Waals surface area contributed by atoms with Crippen LogP contribution in [0.3, 0.4) is 0 Å². The highest BCUT2D eigenvalue weighted by Crippen LogP contribution is 2.24. The molecule has 1 atom stereocenters. The predicted molar refractivity (Wildman–Crippen MR) is 81.3 cm³/mol. The maximum atomic E-state index is 11.2. The van der Waals surface area contributed by atoms with Crippen molar-refractivity contribution in [1.82, 2.24) is 13.8 Å². The number of aldehydes is 1. The molecule has 6 heteroatoms. The number of benzene rings is 1. The quantitative estimate of drug-likeness (QED) is 0.733. The van der Waals surface area contributed by atoms with Crippen molar-refractivity contribution in [3.05, 3.63) is 24.3 Å². The Balaban J connectivity index is 2.01. The Bertz CT molecular complexity index is 746. The third-order valence-corrected chi connectivity index (χ3v) is 3.86. The van der Waals surface area contributed by atoms with Crippen LogP contribution in [0.1, 0.15) is 20.3 Å². The fourth-order valence-corrected chi connectivity index (χ4v) is 3.02. The lowest BCUT2D eigenvalue weighted by molar-refractivity contribution is -0.108. The average Bonchev–Trinajstić information content (AvgIpc) is 2.97. The number of imidazole rings is 1. The van der Waals surface area contributed by atoms with E-state index in [9.17, 15) is 4.79 Å². The van der Waals surface area contributed by atoms with E-state index in [-0.39, 0.29) is 6.04 Å². The molecule has 0 saturated heterocycles. The molecule has 0 aliphatic carbocycles. The summed E-state index contributed by atoms with van der Waals surface area (Å²) >= 11 is 1.33. The van der Waals surface area contributed by atoms with E-state index in [1.54, 1.807) is 0 Å². The first-order chi connectivity index (χ1) is 9.69. The van der Waals surface area contributed by atoms with Crippen molar-refractivity contribution in [3.63, 3.8) is 0 Å². The monoisotopic (exact) mass is 288 g/mol.